The van der Waals surface area contributed by atoms with Crippen molar-refractivity contribution in [3.63, 3.8) is 0 Å². The standard InChI is InChI=1S/C12H19N3O2S/c1-9(6-7-18-3)14(2)12-5-4-10(15(16)17)8-11(12)13/h4-5,8-9H,6-7,13H2,1-3H3. The molecule has 0 aliphatic rings. The Hall–Kier alpha value is -1.43. The van der Waals surface area contributed by atoms with Crippen LogP contribution in [0.4, 0.5) is 17.1 Å². The van der Waals surface area contributed by atoms with Crippen LogP contribution in [0.1, 0.15) is 13.3 Å². The predicted octanol–water partition coefficient (Wildman–Crippen LogP) is 2.75. The maximum Gasteiger partial charge on any atom is 0.271 e. The summed E-state index contributed by atoms with van der Waals surface area (Å²) in [6.07, 6.45) is 3.13. The van der Waals surface area contributed by atoms with Crippen molar-refractivity contribution in [2.45, 2.75) is 19.4 Å². The minimum Gasteiger partial charge on any atom is -0.397 e. The third kappa shape index (κ3) is 3.53. The summed E-state index contributed by atoms with van der Waals surface area (Å²) in [6.45, 7) is 2.12. The average molecular weight is 269 g/mol. The van der Waals surface area contributed by atoms with Gasteiger partial charge in [-0.25, -0.2) is 0 Å². The quantitative estimate of drug-likeness (QED) is 0.488. The highest BCUT2D eigenvalue weighted by Gasteiger charge is 2.15. The van der Waals surface area contributed by atoms with Crippen molar-refractivity contribution < 1.29 is 4.92 Å². The molecule has 0 radical (unpaired) electrons. The lowest BCUT2D eigenvalue weighted by atomic mass is 10.1. The van der Waals surface area contributed by atoms with Crippen LogP contribution in [0.2, 0.25) is 0 Å². The second-order valence-corrected chi connectivity index (χ2v) is 5.23. The second kappa shape index (κ2) is 6.49. The summed E-state index contributed by atoms with van der Waals surface area (Å²) >= 11 is 1.81. The Bertz CT molecular complexity index is 426. The molecule has 1 rings (SSSR count). The lowest BCUT2D eigenvalue weighted by molar-refractivity contribution is -0.384. The van der Waals surface area contributed by atoms with Crippen LogP contribution >= 0.6 is 11.8 Å². The molecule has 0 bridgehead atoms. The monoisotopic (exact) mass is 269 g/mol. The molecular weight excluding hydrogens is 250 g/mol. The number of rotatable bonds is 6. The van der Waals surface area contributed by atoms with Crippen LogP contribution in [0.25, 0.3) is 0 Å². The number of thioether (sulfide) groups is 1. The molecule has 2 N–H and O–H groups in total. The van der Waals surface area contributed by atoms with E-state index >= 15 is 0 Å². The molecule has 100 valence electrons. The molecular formula is C12H19N3O2S. The average Bonchev–Trinajstić information content (AvgIpc) is 2.34. The zero-order valence-corrected chi connectivity index (χ0v) is 11.7. The number of nitrogens with zero attached hydrogens (tertiary/aromatic N) is 2. The van der Waals surface area contributed by atoms with Gasteiger partial charge in [0.2, 0.25) is 0 Å². The van der Waals surface area contributed by atoms with E-state index in [9.17, 15) is 10.1 Å². The Balaban J connectivity index is 2.86. The summed E-state index contributed by atoms with van der Waals surface area (Å²) in [7, 11) is 1.96. The SMILES string of the molecule is CSCCC(C)N(C)c1ccc([N+](=O)[O-])cc1N. The van der Waals surface area contributed by atoms with Gasteiger partial charge in [0.1, 0.15) is 0 Å². The molecule has 0 aliphatic carbocycles. The van der Waals surface area contributed by atoms with Crippen LogP contribution in [-0.4, -0.2) is 30.0 Å². The third-order valence-corrected chi connectivity index (χ3v) is 3.65. The number of nitrogen functional groups attached to an aromatic ring is 1. The molecule has 18 heavy (non-hydrogen) atoms. The van der Waals surface area contributed by atoms with E-state index in [0.717, 1.165) is 17.9 Å². The van der Waals surface area contributed by atoms with Gasteiger partial charge in [-0.3, -0.25) is 10.1 Å². The lowest BCUT2D eigenvalue weighted by Crippen LogP contribution is -2.29. The van der Waals surface area contributed by atoms with Crippen molar-refractivity contribution in [2.24, 2.45) is 0 Å². The van der Waals surface area contributed by atoms with Gasteiger partial charge in [0.05, 0.1) is 16.3 Å². The number of non-ortho nitro benzene ring substituents is 1. The van der Waals surface area contributed by atoms with Crippen molar-refractivity contribution in [3.8, 4) is 0 Å². The molecule has 0 aromatic heterocycles. The summed E-state index contributed by atoms with van der Waals surface area (Å²) < 4.78 is 0. The summed E-state index contributed by atoms with van der Waals surface area (Å²) in [4.78, 5) is 12.3. The first-order chi connectivity index (χ1) is 8.47. The van der Waals surface area contributed by atoms with Crippen molar-refractivity contribution in [3.05, 3.63) is 28.3 Å². The summed E-state index contributed by atoms with van der Waals surface area (Å²) in [5.41, 5.74) is 7.19. The van der Waals surface area contributed by atoms with Gasteiger partial charge in [0, 0.05) is 25.2 Å². The first kappa shape index (κ1) is 14.6. The number of nitro groups is 1. The Morgan fingerprint density at radius 3 is 2.72 bits per heavy atom. The number of hydrogen-bond donors (Lipinski definition) is 1. The van der Waals surface area contributed by atoms with Crippen molar-refractivity contribution in [2.75, 3.05) is 29.7 Å². The van der Waals surface area contributed by atoms with Gasteiger partial charge >= 0.3 is 0 Å². The third-order valence-electron chi connectivity index (χ3n) is 3.00. The van der Waals surface area contributed by atoms with E-state index in [1.807, 2.05) is 7.05 Å². The molecule has 0 spiro atoms. The first-order valence-corrected chi connectivity index (χ1v) is 7.12. The highest BCUT2D eigenvalue weighted by atomic mass is 32.2. The maximum atomic E-state index is 10.6. The molecule has 0 saturated heterocycles. The molecule has 1 aromatic carbocycles. The van der Waals surface area contributed by atoms with Crippen LogP contribution in [0.5, 0.6) is 0 Å². The van der Waals surface area contributed by atoms with Crippen molar-refractivity contribution in [1.82, 2.24) is 0 Å². The van der Waals surface area contributed by atoms with Gasteiger partial charge in [0.25, 0.3) is 5.69 Å². The van der Waals surface area contributed by atoms with Crippen LogP contribution in [-0.2, 0) is 0 Å². The fourth-order valence-electron chi connectivity index (χ4n) is 1.70. The van der Waals surface area contributed by atoms with Gasteiger partial charge in [-0.1, -0.05) is 0 Å². The van der Waals surface area contributed by atoms with Gasteiger partial charge in [0.15, 0.2) is 0 Å². The van der Waals surface area contributed by atoms with Crippen LogP contribution in [0, 0.1) is 10.1 Å². The number of nitrogens with two attached hydrogens (primary N) is 1. The van der Waals surface area contributed by atoms with Crippen LogP contribution in [0.3, 0.4) is 0 Å². The van der Waals surface area contributed by atoms with Crippen molar-refractivity contribution >= 4 is 28.8 Å². The zero-order chi connectivity index (χ0) is 13.7. The molecule has 5 nitrogen and oxygen atoms in total. The Labute approximate surface area is 111 Å². The second-order valence-electron chi connectivity index (χ2n) is 4.24. The number of nitro benzene ring substituents is 1. The van der Waals surface area contributed by atoms with Gasteiger partial charge in [-0.15, -0.1) is 0 Å². The number of hydrogen-bond acceptors (Lipinski definition) is 5. The highest BCUT2D eigenvalue weighted by Crippen LogP contribution is 2.28. The number of benzene rings is 1. The molecule has 1 unspecified atom stereocenters. The minimum atomic E-state index is -0.433. The van der Waals surface area contributed by atoms with Crippen molar-refractivity contribution in [1.29, 1.82) is 0 Å². The number of anilines is 2. The van der Waals surface area contributed by atoms with E-state index in [2.05, 4.69) is 18.1 Å². The van der Waals surface area contributed by atoms with E-state index in [1.165, 1.54) is 12.1 Å². The Kier molecular flexibility index (Phi) is 5.27. The molecule has 0 heterocycles. The smallest absolute Gasteiger partial charge is 0.271 e. The largest absolute Gasteiger partial charge is 0.397 e. The summed E-state index contributed by atoms with van der Waals surface area (Å²) in [6, 6.07) is 4.96. The van der Waals surface area contributed by atoms with Gasteiger partial charge in [-0.2, -0.15) is 11.8 Å². The fourth-order valence-corrected chi connectivity index (χ4v) is 2.27. The zero-order valence-electron chi connectivity index (χ0n) is 10.9. The molecule has 0 amide bonds. The van der Waals surface area contributed by atoms with E-state index < -0.39 is 4.92 Å². The Morgan fingerprint density at radius 1 is 1.56 bits per heavy atom. The molecule has 1 atom stereocenters. The van der Waals surface area contributed by atoms with E-state index in [4.69, 9.17) is 5.73 Å². The predicted molar refractivity (Wildman–Crippen MR) is 78.4 cm³/mol. The van der Waals surface area contributed by atoms with Gasteiger partial charge < -0.3 is 10.6 Å². The van der Waals surface area contributed by atoms with E-state index in [0.29, 0.717) is 11.7 Å². The molecule has 1 aromatic rings. The van der Waals surface area contributed by atoms with Crippen LogP contribution < -0.4 is 10.6 Å². The lowest BCUT2D eigenvalue weighted by Gasteiger charge is -2.28. The van der Waals surface area contributed by atoms with E-state index in [1.54, 1.807) is 17.8 Å². The first-order valence-electron chi connectivity index (χ1n) is 5.73. The maximum absolute atomic E-state index is 10.6. The van der Waals surface area contributed by atoms with E-state index in [-0.39, 0.29) is 5.69 Å². The molecule has 6 heteroatoms. The van der Waals surface area contributed by atoms with Crippen LogP contribution in [0.15, 0.2) is 18.2 Å². The minimum absolute atomic E-state index is 0.0291. The normalized spacial score (nSPS) is 12.2. The topological polar surface area (TPSA) is 72.4 Å². The highest BCUT2D eigenvalue weighted by molar-refractivity contribution is 7.98. The molecule has 0 saturated carbocycles. The molecule has 0 fully saturated rings. The van der Waals surface area contributed by atoms with Gasteiger partial charge in [-0.05, 0) is 31.4 Å². The summed E-state index contributed by atoms with van der Waals surface area (Å²) in [5, 5.41) is 10.6. The fraction of sp³-hybridized carbons (Fsp3) is 0.500. The Morgan fingerprint density at radius 2 is 2.22 bits per heavy atom. The molecule has 0 aliphatic heterocycles. The summed E-state index contributed by atoms with van der Waals surface area (Å²) in [5.74, 6) is 1.08.